The highest BCUT2D eigenvalue weighted by Gasteiger charge is 1.99. The fourth-order valence-electron chi connectivity index (χ4n) is 1.18. The third-order valence-electron chi connectivity index (χ3n) is 1.90. The predicted octanol–water partition coefficient (Wildman–Crippen LogP) is 3.07. The predicted molar refractivity (Wildman–Crippen MR) is 51.3 cm³/mol. The summed E-state index contributed by atoms with van der Waals surface area (Å²) < 4.78 is 0. The van der Waals surface area contributed by atoms with Gasteiger partial charge in [-0.1, -0.05) is 31.2 Å². The summed E-state index contributed by atoms with van der Waals surface area (Å²) in [5, 5.41) is 9.05. The van der Waals surface area contributed by atoms with E-state index < -0.39 is 0 Å². The molecule has 0 aliphatic rings. The van der Waals surface area contributed by atoms with E-state index in [2.05, 4.69) is 13.0 Å². The molecule has 0 bridgehead atoms. The summed E-state index contributed by atoms with van der Waals surface area (Å²) in [4.78, 5) is 0. The van der Waals surface area contributed by atoms with Crippen LogP contribution in [0.25, 0.3) is 0 Å². The van der Waals surface area contributed by atoms with E-state index in [0.717, 1.165) is 0 Å². The number of rotatable bonds is 2. The Hall–Kier alpha value is -1.24. The van der Waals surface area contributed by atoms with E-state index in [9.17, 15) is 0 Å². The molecule has 12 heavy (non-hydrogen) atoms. The van der Waals surface area contributed by atoms with Crippen LogP contribution in [0.3, 0.4) is 0 Å². The number of phenolic OH excluding ortho intramolecular Hbond substituents is 1. The Bertz CT molecular complexity index is 259. The quantitative estimate of drug-likeness (QED) is 0.662. The molecule has 0 amide bonds. The van der Waals surface area contributed by atoms with Gasteiger partial charge in [0, 0.05) is 0 Å². The highest BCUT2D eigenvalue weighted by Crippen LogP contribution is 2.19. The summed E-state index contributed by atoms with van der Waals surface area (Å²) in [6.45, 7) is 4.14. The first-order valence-corrected chi connectivity index (χ1v) is 4.16. The Morgan fingerprint density at radius 2 is 1.83 bits per heavy atom. The van der Waals surface area contributed by atoms with Gasteiger partial charge < -0.3 is 5.11 Å². The molecule has 0 saturated heterocycles. The molecule has 0 fully saturated rings. The molecule has 0 aliphatic heterocycles. The summed E-state index contributed by atoms with van der Waals surface area (Å²) in [6, 6.07) is 7.32. The van der Waals surface area contributed by atoms with Crippen molar-refractivity contribution in [3.8, 4) is 5.75 Å². The smallest absolute Gasteiger partial charge is 0.115 e. The topological polar surface area (TPSA) is 20.2 Å². The fraction of sp³-hybridized carbons (Fsp3) is 0.273. The lowest BCUT2D eigenvalue weighted by molar-refractivity contribution is 0.475. The van der Waals surface area contributed by atoms with Crippen LogP contribution >= 0.6 is 0 Å². The van der Waals surface area contributed by atoms with E-state index in [-0.39, 0.29) is 0 Å². The van der Waals surface area contributed by atoms with Crippen LogP contribution in [0.15, 0.2) is 36.4 Å². The molecule has 0 aliphatic carbocycles. The lowest BCUT2D eigenvalue weighted by Crippen LogP contribution is -1.87. The van der Waals surface area contributed by atoms with Gasteiger partial charge in [-0.25, -0.2) is 0 Å². The van der Waals surface area contributed by atoms with Crippen molar-refractivity contribution < 1.29 is 5.11 Å². The van der Waals surface area contributed by atoms with Crippen LogP contribution in [0.4, 0.5) is 0 Å². The van der Waals surface area contributed by atoms with Crippen molar-refractivity contribution in [1.82, 2.24) is 0 Å². The van der Waals surface area contributed by atoms with Gasteiger partial charge in [0.1, 0.15) is 5.75 Å². The molecule has 1 heteroatoms. The van der Waals surface area contributed by atoms with E-state index in [0.29, 0.717) is 11.7 Å². The van der Waals surface area contributed by atoms with Gasteiger partial charge in [-0.3, -0.25) is 0 Å². The van der Waals surface area contributed by atoms with Crippen LogP contribution in [-0.2, 0) is 0 Å². The molecule has 0 spiro atoms. The minimum Gasteiger partial charge on any atom is -0.508 e. The maximum Gasteiger partial charge on any atom is 0.115 e. The highest BCUT2D eigenvalue weighted by molar-refractivity contribution is 5.29. The molecular weight excluding hydrogens is 148 g/mol. The summed E-state index contributed by atoms with van der Waals surface area (Å²) in [5.41, 5.74) is 1.23. The van der Waals surface area contributed by atoms with Crippen molar-refractivity contribution in [3.63, 3.8) is 0 Å². The van der Waals surface area contributed by atoms with Crippen molar-refractivity contribution in [1.29, 1.82) is 0 Å². The first kappa shape index (κ1) is 8.85. The minimum atomic E-state index is 0.325. The van der Waals surface area contributed by atoms with Gasteiger partial charge in [0.05, 0.1) is 0 Å². The molecule has 64 valence electrons. The van der Waals surface area contributed by atoms with Crippen molar-refractivity contribution >= 4 is 0 Å². The Morgan fingerprint density at radius 3 is 2.33 bits per heavy atom. The molecule has 0 aromatic heterocycles. The Kier molecular flexibility index (Phi) is 2.92. The second-order valence-corrected chi connectivity index (χ2v) is 2.91. The second kappa shape index (κ2) is 3.96. The number of hydrogen-bond acceptors (Lipinski definition) is 1. The van der Waals surface area contributed by atoms with Gasteiger partial charge in [-0.15, -0.1) is 0 Å². The van der Waals surface area contributed by atoms with Gasteiger partial charge in [-0.2, -0.15) is 0 Å². The molecule has 1 atom stereocenters. The number of phenols is 1. The lowest BCUT2D eigenvalue weighted by atomic mass is 10.0. The van der Waals surface area contributed by atoms with E-state index in [4.69, 9.17) is 5.11 Å². The van der Waals surface area contributed by atoms with Crippen molar-refractivity contribution in [3.05, 3.63) is 42.0 Å². The van der Waals surface area contributed by atoms with Crippen molar-refractivity contribution in [2.45, 2.75) is 19.8 Å². The van der Waals surface area contributed by atoms with Crippen LogP contribution in [0.2, 0.25) is 0 Å². The van der Waals surface area contributed by atoms with E-state index in [1.165, 1.54) is 5.56 Å². The average molecular weight is 162 g/mol. The summed E-state index contributed by atoms with van der Waals surface area (Å²) in [5.74, 6) is 0.752. The normalized spacial score (nSPS) is 13.5. The van der Waals surface area contributed by atoms with Gasteiger partial charge >= 0.3 is 0 Å². The fourth-order valence-corrected chi connectivity index (χ4v) is 1.18. The second-order valence-electron chi connectivity index (χ2n) is 2.91. The maximum atomic E-state index is 9.05. The molecule has 0 radical (unpaired) electrons. The number of allylic oxidation sites excluding steroid dienone is 2. The molecule has 1 N–H and O–H groups in total. The maximum absolute atomic E-state index is 9.05. The van der Waals surface area contributed by atoms with Crippen LogP contribution in [0, 0.1) is 0 Å². The van der Waals surface area contributed by atoms with Crippen LogP contribution in [0.1, 0.15) is 25.3 Å². The molecular formula is C11H14O. The zero-order valence-corrected chi connectivity index (χ0v) is 7.49. The molecule has 1 aromatic carbocycles. The lowest BCUT2D eigenvalue weighted by Gasteiger charge is -2.05. The standard InChI is InChI=1S/C11H14O/c1-3-4-9(2)10-5-7-11(12)8-6-10/h3-9,12H,1-2H3/b4-3+. The Balaban J connectivity index is 2.82. The number of hydrogen-bond donors (Lipinski definition) is 1. The zero-order valence-electron chi connectivity index (χ0n) is 7.49. The van der Waals surface area contributed by atoms with Crippen LogP contribution in [0.5, 0.6) is 5.75 Å². The van der Waals surface area contributed by atoms with Crippen LogP contribution < -0.4 is 0 Å². The van der Waals surface area contributed by atoms with Gasteiger partial charge in [0.15, 0.2) is 0 Å². The van der Waals surface area contributed by atoms with Gasteiger partial charge in [-0.05, 0) is 30.5 Å². The largest absolute Gasteiger partial charge is 0.508 e. The SMILES string of the molecule is C/C=C/C(C)c1ccc(O)cc1. The molecule has 1 rings (SSSR count). The van der Waals surface area contributed by atoms with Crippen LogP contribution in [-0.4, -0.2) is 5.11 Å². The molecule has 1 unspecified atom stereocenters. The summed E-state index contributed by atoms with van der Waals surface area (Å²) >= 11 is 0. The first-order valence-electron chi connectivity index (χ1n) is 4.16. The molecule has 0 heterocycles. The monoisotopic (exact) mass is 162 g/mol. The van der Waals surface area contributed by atoms with E-state index >= 15 is 0 Å². The minimum absolute atomic E-state index is 0.325. The highest BCUT2D eigenvalue weighted by atomic mass is 16.3. The van der Waals surface area contributed by atoms with E-state index in [1.807, 2.05) is 25.1 Å². The summed E-state index contributed by atoms with van der Waals surface area (Å²) in [7, 11) is 0. The third kappa shape index (κ3) is 2.12. The first-order chi connectivity index (χ1) is 5.74. The average Bonchev–Trinajstić information content (AvgIpc) is 2.06. The number of benzene rings is 1. The zero-order chi connectivity index (χ0) is 8.97. The summed E-state index contributed by atoms with van der Waals surface area (Å²) in [6.07, 6.45) is 4.17. The van der Waals surface area contributed by atoms with Crippen molar-refractivity contribution in [2.75, 3.05) is 0 Å². The van der Waals surface area contributed by atoms with Crippen molar-refractivity contribution in [2.24, 2.45) is 0 Å². The Labute approximate surface area is 73.4 Å². The van der Waals surface area contributed by atoms with E-state index in [1.54, 1.807) is 12.1 Å². The molecule has 1 nitrogen and oxygen atoms in total. The third-order valence-corrected chi connectivity index (χ3v) is 1.90. The van der Waals surface area contributed by atoms with Gasteiger partial charge in [0.2, 0.25) is 0 Å². The number of aromatic hydroxyl groups is 1. The molecule has 1 aromatic rings. The van der Waals surface area contributed by atoms with Gasteiger partial charge in [0.25, 0.3) is 0 Å². The molecule has 0 saturated carbocycles. The Morgan fingerprint density at radius 1 is 1.25 bits per heavy atom.